The highest BCUT2D eigenvalue weighted by molar-refractivity contribution is 5.13. The van der Waals surface area contributed by atoms with E-state index in [1.54, 1.807) is 0 Å². The Morgan fingerprint density at radius 3 is 2.24 bits per heavy atom. The fraction of sp³-hybridized carbons (Fsp3) is 1.00. The minimum atomic E-state index is 0.242. The number of fused-ring (bicyclic) bond motifs is 2. The van der Waals surface area contributed by atoms with Crippen LogP contribution in [0.15, 0.2) is 0 Å². The second-order valence-corrected chi connectivity index (χ2v) is 8.49. The van der Waals surface area contributed by atoms with E-state index in [4.69, 9.17) is 4.74 Å². The smallest absolute Gasteiger partial charge is 0.0923 e. The Morgan fingerprint density at radius 2 is 1.59 bits per heavy atom. The highest BCUT2D eigenvalue weighted by atomic mass is 16.6. The normalized spacial score (nSPS) is 54.7. The van der Waals surface area contributed by atoms with E-state index in [-0.39, 0.29) is 5.60 Å². The summed E-state index contributed by atoms with van der Waals surface area (Å²) in [5.74, 6) is 2.55. The molecule has 3 aliphatic rings. The zero-order valence-electron chi connectivity index (χ0n) is 12.3. The molecule has 0 aromatic carbocycles. The van der Waals surface area contributed by atoms with E-state index < -0.39 is 0 Å². The summed E-state index contributed by atoms with van der Waals surface area (Å²) in [5, 5.41) is 0. The first-order chi connectivity index (χ1) is 7.67. The van der Waals surface area contributed by atoms with Crippen molar-refractivity contribution in [3.63, 3.8) is 0 Å². The third-order valence-corrected chi connectivity index (χ3v) is 6.68. The number of hydrogen-bond donors (Lipinski definition) is 0. The van der Waals surface area contributed by atoms with Crippen LogP contribution in [0.3, 0.4) is 0 Å². The Hall–Kier alpha value is -0.0400. The van der Waals surface area contributed by atoms with Gasteiger partial charge in [0.1, 0.15) is 0 Å². The molecule has 0 radical (unpaired) electrons. The molecule has 0 N–H and O–H groups in total. The van der Waals surface area contributed by atoms with E-state index in [1.165, 1.54) is 19.3 Å². The second-order valence-electron chi connectivity index (χ2n) is 8.49. The van der Waals surface area contributed by atoms with Crippen molar-refractivity contribution in [3.8, 4) is 0 Å². The third kappa shape index (κ3) is 1.54. The van der Waals surface area contributed by atoms with Crippen molar-refractivity contribution < 1.29 is 4.74 Å². The molecule has 0 amide bonds. The lowest BCUT2D eigenvalue weighted by Gasteiger charge is -2.57. The monoisotopic (exact) mass is 236 g/mol. The molecule has 1 nitrogen and oxygen atoms in total. The molecule has 3 rings (SSSR count). The molecular formula is C16H28O. The Balaban J connectivity index is 1.95. The van der Waals surface area contributed by atoms with Crippen molar-refractivity contribution >= 4 is 0 Å². The molecule has 0 spiro atoms. The molecule has 0 aromatic rings. The van der Waals surface area contributed by atoms with Gasteiger partial charge in [0.25, 0.3) is 0 Å². The van der Waals surface area contributed by atoms with Crippen LogP contribution in [-0.2, 0) is 4.74 Å². The Morgan fingerprint density at radius 1 is 0.941 bits per heavy atom. The molecule has 0 aromatic heterocycles. The predicted octanol–water partition coefficient (Wildman–Crippen LogP) is 4.26. The standard InChI is InChI=1S/C16H28O/c1-10-8-14(2,3)11-7-13-16(6,17-13)9-12(11)15(10,4)5/h10-13H,7-9H2,1-6H3. The maximum absolute atomic E-state index is 5.98. The first-order valence-corrected chi connectivity index (χ1v) is 7.35. The molecule has 0 bridgehead atoms. The van der Waals surface area contributed by atoms with Crippen LogP contribution in [0.1, 0.15) is 60.8 Å². The van der Waals surface area contributed by atoms with E-state index in [2.05, 4.69) is 41.5 Å². The van der Waals surface area contributed by atoms with Gasteiger partial charge in [0.2, 0.25) is 0 Å². The summed E-state index contributed by atoms with van der Waals surface area (Å²) in [6.45, 7) is 14.8. The van der Waals surface area contributed by atoms with Gasteiger partial charge in [-0.2, -0.15) is 0 Å². The van der Waals surface area contributed by atoms with Gasteiger partial charge >= 0.3 is 0 Å². The van der Waals surface area contributed by atoms with E-state index in [9.17, 15) is 0 Å². The van der Waals surface area contributed by atoms with E-state index >= 15 is 0 Å². The van der Waals surface area contributed by atoms with Gasteiger partial charge in [-0.1, -0.05) is 34.6 Å². The summed E-state index contributed by atoms with van der Waals surface area (Å²) in [6, 6.07) is 0. The highest BCUT2D eigenvalue weighted by Gasteiger charge is 2.64. The summed E-state index contributed by atoms with van der Waals surface area (Å²) in [4.78, 5) is 0. The van der Waals surface area contributed by atoms with Crippen LogP contribution in [0, 0.1) is 28.6 Å². The first kappa shape index (κ1) is 12.0. The van der Waals surface area contributed by atoms with Gasteiger partial charge in [-0.15, -0.1) is 0 Å². The van der Waals surface area contributed by atoms with Crippen LogP contribution in [-0.4, -0.2) is 11.7 Å². The lowest BCUT2D eigenvalue weighted by molar-refractivity contribution is -0.0814. The number of epoxide rings is 1. The van der Waals surface area contributed by atoms with Gasteiger partial charge < -0.3 is 4.74 Å². The summed E-state index contributed by atoms with van der Waals surface area (Å²) in [5.41, 5.74) is 1.23. The Labute approximate surface area is 106 Å². The molecule has 5 unspecified atom stereocenters. The predicted molar refractivity (Wildman–Crippen MR) is 70.8 cm³/mol. The lowest BCUT2D eigenvalue weighted by atomic mass is 9.47. The topological polar surface area (TPSA) is 12.5 Å². The molecule has 2 saturated carbocycles. The molecule has 98 valence electrons. The maximum atomic E-state index is 5.98. The molecular weight excluding hydrogens is 208 g/mol. The van der Waals surface area contributed by atoms with Crippen LogP contribution in [0.25, 0.3) is 0 Å². The van der Waals surface area contributed by atoms with Crippen molar-refractivity contribution in [2.45, 2.75) is 72.5 Å². The zero-order valence-corrected chi connectivity index (χ0v) is 12.3. The van der Waals surface area contributed by atoms with Crippen LogP contribution < -0.4 is 0 Å². The van der Waals surface area contributed by atoms with Crippen molar-refractivity contribution in [3.05, 3.63) is 0 Å². The van der Waals surface area contributed by atoms with Crippen LogP contribution in [0.5, 0.6) is 0 Å². The largest absolute Gasteiger partial charge is 0.366 e. The Bertz CT molecular complexity index is 343. The van der Waals surface area contributed by atoms with Crippen molar-refractivity contribution in [1.82, 2.24) is 0 Å². The fourth-order valence-corrected chi connectivity index (χ4v) is 4.96. The van der Waals surface area contributed by atoms with E-state index in [1.807, 2.05) is 0 Å². The van der Waals surface area contributed by atoms with Gasteiger partial charge in [-0.25, -0.2) is 0 Å². The quantitative estimate of drug-likeness (QED) is 0.572. The van der Waals surface area contributed by atoms with Crippen molar-refractivity contribution in [2.75, 3.05) is 0 Å². The third-order valence-electron chi connectivity index (χ3n) is 6.68. The lowest BCUT2D eigenvalue weighted by Crippen LogP contribution is -2.52. The van der Waals surface area contributed by atoms with Gasteiger partial charge in [-0.05, 0) is 54.8 Å². The van der Waals surface area contributed by atoms with Gasteiger partial charge in [0.15, 0.2) is 0 Å². The number of ether oxygens (including phenoxy) is 1. The number of hydrogen-bond acceptors (Lipinski definition) is 1. The number of rotatable bonds is 0. The van der Waals surface area contributed by atoms with Gasteiger partial charge in [0, 0.05) is 0 Å². The fourth-order valence-electron chi connectivity index (χ4n) is 4.96. The summed E-state index contributed by atoms with van der Waals surface area (Å²) in [6.07, 6.45) is 4.56. The first-order valence-electron chi connectivity index (χ1n) is 7.35. The second kappa shape index (κ2) is 3.10. The van der Waals surface area contributed by atoms with Crippen LogP contribution in [0.2, 0.25) is 0 Å². The average molecular weight is 236 g/mol. The van der Waals surface area contributed by atoms with Crippen molar-refractivity contribution in [1.29, 1.82) is 0 Å². The highest BCUT2D eigenvalue weighted by Crippen LogP contribution is 2.65. The minimum absolute atomic E-state index is 0.242. The van der Waals surface area contributed by atoms with Gasteiger partial charge in [0.05, 0.1) is 11.7 Å². The Kier molecular flexibility index (Phi) is 2.19. The maximum Gasteiger partial charge on any atom is 0.0923 e. The molecule has 1 heteroatoms. The molecule has 5 atom stereocenters. The van der Waals surface area contributed by atoms with Crippen LogP contribution in [0.4, 0.5) is 0 Å². The van der Waals surface area contributed by atoms with E-state index in [0.29, 0.717) is 16.9 Å². The van der Waals surface area contributed by atoms with E-state index in [0.717, 1.165) is 17.8 Å². The zero-order chi connectivity index (χ0) is 12.6. The molecule has 1 saturated heterocycles. The SMILES string of the molecule is CC1CC(C)(C)C2CC3OC3(C)CC2C1(C)C. The van der Waals surface area contributed by atoms with Crippen LogP contribution >= 0.6 is 0 Å². The molecule has 17 heavy (non-hydrogen) atoms. The van der Waals surface area contributed by atoms with Gasteiger partial charge in [-0.3, -0.25) is 0 Å². The average Bonchev–Trinajstić information content (AvgIpc) is 2.84. The minimum Gasteiger partial charge on any atom is -0.366 e. The summed E-state index contributed by atoms with van der Waals surface area (Å²) in [7, 11) is 0. The molecule has 2 aliphatic carbocycles. The summed E-state index contributed by atoms with van der Waals surface area (Å²) >= 11 is 0. The molecule has 3 fully saturated rings. The molecule has 1 heterocycles. The molecule has 1 aliphatic heterocycles. The van der Waals surface area contributed by atoms with Crippen molar-refractivity contribution in [2.24, 2.45) is 28.6 Å². The summed E-state index contributed by atoms with van der Waals surface area (Å²) < 4.78 is 5.98.